The van der Waals surface area contributed by atoms with Gasteiger partial charge in [0.1, 0.15) is 0 Å². The van der Waals surface area contributed by atoms with Crippen LogP contribution in [0.15, 0.2) is 66.9 Å². The van der Waals surface area contributed by atoms with Crippen molar-refractivity contribution in [2.45, 2.75) is 19.8 Å². The molecule has 0 saturated carbocycles. The van der Waals surface area contributed by atoms with Crippen LogP contribution in [0.2, 0.25) is 0 Å². The number of anilines is 1. The lowest BCUT2D eigenvalue weighted by Crippen LogP contribution is -2.12. The lowest BCUT2D eigenvalue weighted by molar-refractivity contribution is 0.102. The summed E-state index contributed by atoms with van der Waals surface area (Å²) in [7, 11) is 0. The Bertz CT molecular complexity index is 952. The number of aromatic nitrogens is 1. The number of pyridine rings is 1. The van der Waals surface area contributed by atoms with Crippen molar-refractivity contribution in [3.05, 3.63) is 83.6 Å². The first-order valence-corrected chi connectivity index (χ1v) is 8.45. The predicted octanol–water partition coefficient (Wildman–Crippen LogP) is 5.00. The molecule has 1 aromatic heterocycles. The molecule has 26 heavy (non-hydrogen) atoms. The summed E-state index contributed by atoms with van der Waals surface area (Å²) in [6.45, 7) is 4.26. The quantitative estimate of drug-likeness (QED) is 0.726. The van der Waals surface area contributed by atoms with Gasteiger partial charge in [0.05, 0.1) is 22.9 Å². The van der Waals surface area contributed by atoms with Gasteiger partial charge in [-0.25, -0.2) is 0 Å². The number of hydrogen-bond acceptors (Lipinski definition) is 3. The number of hydrogen-bond donors (Lipinski definition) is 1. The topological polar surface area (TPSA) is 65.8 Å². The SMILES string of the molecule is CC(C)c1ccc(NC(=O)c2ccc(-c3cccc(C#N)c3)nc2)cc1. The number of nitrogens with zero attached hydrogens (tertiary/aromatic N) is 2. The largest absolute Gasteiger partial charge is 0.322 e. The second kappa shape index (κ2) is 7.62. The van der Waals surface area contributed by atoms with E-state index in [1.807, 2.05) is 36.4 Å². The summed E-state index contributed by atoms with van der Waals surface area (Å²) in [5.74, 6) is 0.253. The molecular formula is C22H19N3O. The second-order valence-corrected chi connectivity index (χ2v) is 6.36. The summed E-state index contributed by atoms with van der Waals surface area (Å²) in [6, 6.07) is 20.7. The lowest BCUT2D eigenvalue weighted by Gasteiger charge is -2.09. The van der Waals surface area contributed by atoms with Gasteiger partial charge >= 0.3 is 0 Å². The fourth-order valence-electron chi connectivity index (χ4n) is 2.60. The Labute approximate surface area is 153 Å². The molecule has 0 spiro atoms. The van der Waals surface area contributed by atoms with Crippen molar-refractivity contribution in [3.63, 3.8) is 0 Å². The predicted molar refractivity (Wildman–Crippen MR) is 103 cm³/mol. The number of benzene rings is 2. The average molecular weight is 341 g/mol. The maximum atomic E-state index is 12.4. The molecule has 0 aliphatic heterocycles. The molecule has 1 heterocycles. The first kappa shape index (κ1) is 17.4. The van der Waals surface area contributed by atoms with E-state index < -0.39 is 0 Å². The Balaban J connectivity index is 1.73. The number of amides is 1. The number of carbonyl (C=O) groups excluding carboxylic acids is 1. The van der Waals surface area contributed by atoms with Crippen molar-refractivity contribution < 1.29 is 4.79 Å². The fraction of sp³-hybridized carbons (Fsp3) is 0.136. The number of nitriles is 1. The molecule has 0 bridgehead atoms. The van der Waals surface area contributed by atoms with Crippen LogP contribution in [0.5, 0.6) is 0 Å². The highest BCUT2D eigenvalue weighted by molar-refractivity contribution is 6.04. The Morgan fingerprint density at radius 3 is 2.46 bits per heavy atom. The molecule has 3 rings (SSSR count). The minimum atomic E-state index is -0.202. The summed E-state index contributed by atoms with van der Waals surface area (Å²) < 4.78 is 0. The summed E-state index contributed by atoms with van der Waals surface area (Å²) >= 11 is 0. The smallest absolute Gasteiger partial charge is 0.257 e. The zero-order valence-electron chi connectivity index (χ0n) is 14.7. The Kier molecular flexibility index (Phi) is 5.09. The maximum absolute atomic E-state index is 12.4. The molecule has 0 fully saturated rings. The van der Waals surface area contributed by atoms with Crippen molar-refractivity contribution in [2.24, 2.45) is 0 Å². The third kappa shape index (κ3) is 3.96. The van der Waals surface area contributed by atoms with Crippen LogP contribution >= 0.6 is 0 Å². The van der Waals surface area contributed by atoms with Crippen LogP contribution in [0.4, 0.5) is 5.69 Å². The van der Waals surface area contributed by atoms with Gasteiger partial charge in [-0.05, 0) is 47.9 Å². The van der Waals surface area contributed by atoms with Crippen LogP contribution in [0.1, 0.15) is 41.3 Å². The Hall–Kier alpha value is -3.45. The van der Waals surface area contributed by atoms with Crippen LogP contribution in [0, 0.1) is 11.3 Å². The molecule has 1 N–H and O–H groups in total. The summed E-state index contributed by atoms with van der Waals surface area (Å²) in [5.41, 5.74) is 4.62. The molecule has 0 radical (unpaired) electrons. The Morgan fingerprint density at radius 1 is 1.08 bits per heavy atom. The molecule has 3 aromatic rings. The monoisotopic (exact) mass is 341 g/mol. The second-order valence-electron chi connectivity index (χ2n) is 6.36. The normalized spacial score (nSPS) is 10.4. The molecule has 0 saturated heterocycles. The summed E-state index contributed by atoms with van der Waals surface area (Å²) in [4.78, 5) is 16.7. The number of nitrogens with one attached hydrogen (secondary N) is 1. The van der Waals surface area contributed by atoms with Gasteiger partial charge in [-0.2, -0.15) is 5.26 Å². The standard InChI is InChI=1S/C22H19N3O/c1-15(2)17-6-9-20(10-7-17)25-22(26)19-8-11-21(24-14-19)18-5-3-4-16(12-18)13-23/h3-12,14-15H,1-2H3,(H,25,26). The van der Waals surface area contributed by atoms with Gasteiger partial charge < -0.3 is 5.32 Å². The first-order valence-electron chi connectivity index (χ1n) is 8.45. The molecule has 0 atom stereocenters. The van der Waals surface area contributed by atoms with Gasteiger partial charge in [0.15, 0.2) is 0 Å². The summed E-state index contributed by atoms with van der Waals surface area (Å²) in [5, 5.41) is 11.9. The third-order valence-electron chi connectivity index (χ3n) is 4.15. The summed E-state index contributed by atoms with van der Waals surface area (Å²) in [6.07, 6.45) is 1.55. The first-order chi connectivity index (χ1) is 12.6. The lowest BCUT2D eigenvalue weighted by atomic mass is 10.0. The molecule has 4 nitrogen and oxygen atoms in total. The van der Waals surface area contributed by atoms with E-state index >= 15 is 0 Å². The van der Waals surface area contributed by atoms with Gasteiger partial charge in [0, 0.05) is 17.4 Å². The van der Waals surface area contributed by atoms with Gasteiger partial charge in [-0.1, -0.05) is 38.1 Å². The molecule has 128 valence electrons. The highest BCUT2D eigenvalue weighted by Crippen LogP contribution is 2.20. The van der Waals surface area contributed by atoms with Crippen LogP contribution in [-0.4, -0.2) is 10.9 Å². The zero-order chi connectivity index (χ0) is 18.5. The van der Waals surface area contributed by atoms with Crippen LogP contribution in [-0.2, 0) is 0 Å². The highest BCUT2D eigenvalue weighted by atomic mass is 16.1. The number of carbonyl (C=O) groups is 1. The van der Waals surface area contributed by atoms with Gasteiger partial charge in [-0.15, -0.1) is 0 Å². The van der Waals surface area contributed by atoms with E-state index in [4.69, 9.17) is 5.26 Å². The molecule has 2 aromatic carbocycles. The van der Waals surface area contributed by atoms with Crippen molar-refractivity contribution >= 4 is 11.6 Å². The average Bonchev–Trinajstić information content (AvgIpc) is 2.68. The van der Waals surface area contributed by atoms with E-state index in [0.717, 1.165) is 16.9 Å². The van der Waals surface area contributed by atoms with E-state index in [1.54, 1.807) is 30.5 Å². The molecule has 0 aliphatic rings. The van der Waals surface area contributed by atoms with Crippen molar-refractivity contribution in [3.8, 4) is 17.3 Å². The molecule has 0 unspecified atom stereocenters. The van der Waals surface area contributed by atoms with E-state index in [2.05, 4.69) is 30.2 Å². The van der Waals surface area contributed by atoms with Crippen LogP contribution in [0.3, 0.4) is 0 Å². The van der Waals surface area contributed by atoms with Gasteiger partial charge in [0.25, 0.3) is 5.91 Å². The zero-order valence-corrected chi connectivity index (χ0v) is 14.7. The molecule has 1 amide bonds. The molecular weight excluding hydrogens is 322 g/mol. The van der Waals surface area contributed by atoms with Gasteiger partial charge in [-0.3, -0.25) is 9.78 Å². The van der Waals surface area contributed by atoms with E-state index in [1.165, 1.54) is 5.56 Å². The highest BCUT2D eigenvalue weighted by Gasteiger charge is 2.08. The van der Waals surface area contributed by atoms with Crippen LogP contribution < -0.4 is 5.32 Å². The van der Waals surface area contributed by atoms with Crippen molar-refractivity contribution in [2.75, 3.05) is 5.32 Å². The van der Waals surface area contributed by atoms with Gasteiger partial charge in [0.2, 0.25) is 0 Å². The maximum Gasteiger partial charge on any atom is 0.257 e. The molecule has 4 heteroatoms. The van der Waals surface area contributed by atoms with Crippen LogP contribution in [0.25, 0.3) is 11.3 Å². The van der Waals surface area contributed by atoms with E-state index in [0.29, 0.717) is 17.0 Å². The van der Waals surface area contributed by atoms with Crippen molar-refractivity contribution in [1.82, 2.24) is 4.98 Å². The van der Waals surface area contributed by atoms with Crippen molar-refractivity contribution in [1.29, 1.82) is 5.26 Å². The third-order valence-corrected chi connectivity index (χ3v) is 4.15. The Morgan fingerprint density at radius 2 is 1.85 bits per heavy atom. The minimum absolute atomic E-state index is 0.202. The minimum Gasteiger partial charge on any atom is -0.322 e. The van der Waals surface area contributed by atoms with E-state index in [-0.39, 0.29) is 5.91 Å². The van der Waals surface area contributed by atoms with E-state index in [9.17, 15) is 4.79 Å². The number of rotatable bonds is 4. The fourth-order valence-corrected chi connectivity index (χ4v) is 2.60. The molecule has 0 aliphatic carbocycles.